The van der Waals surface area contributed by atoms with Gasteiger partial charge >= 0.3 is 5.97 Å². The predicted octanol–water partition coefficient (Wildman–Crippen LogP) is 3.22. The molecule has 1 N–H and O–H groups in total. The molecule has 1 aliphatic heterocycles. The van der Waals surface area contributed by atoms with Gasteiger partial charge in [-0.25, -0.2) is 4.79 Å². The third kappa shape index (κ3) is 2.38. The maximum Gasteiger partial charge on any atom is 0.339 e. The molecule has 4 nitrogen and oxygen atoms in total. The topological polar surface area (TPSA) is 55.1 Å². The first-order valence-corrected chi connectivity index (χ1v) is 6.66. The Hall–Kier alpha value is -2.10. The molecule has 19 heavy (non-hydrogen) atoms. The van der Waals surface area contributed by atoms with Crippen molar-refractivity contribution in [1.82, 2.24) is 9.78 Å². The van der Waals surface area contributed by atoms with Gasteiger partial charge in [0.1, 0.15) is 11.3 Å². The van der Waals surface area contributed by atoms with E-state index in [4.69, 9.17) is 0 Å². The van der Waals surface area contributed by atoms with E-state index in [0.717, 1.165) is 30.6 Å². The third-order valence-corrected chi connectivity index (χ3v) is 3.10. The summed E-state index contributed by atoms with van der Waals surface area (Å²) in [6.45, 7) is 4.82. The quantitative estimate of drug-likeness (QED) is 0.899. The first-order valence-electron chi connectivity index (χ1n) is 6.66. The van der Waals surface area contributed by atoms with Crippen LogP contribution in [-0.4, -0.2) is 20.9 Å². The molecule has 1 aromatic heterocycles. The molecule has 0 aliphatic carbocycles. The van der Waals surface area contributed by atoms with Gasteiger partial charge in [0.05, 0.1) is 5.69 Å². The number of aryl methyl sites for hydroxylation is 1. The van der Waals surface area contributed by atoms with E-state index in [1.165, 1.54) is 0 Å². The molecular weight excluding hydrogens is 240 g/mol. The summed E-state index contributed by atoms with van der Waals surface area (Å²) < 4.78 is 1.83. The number of carbonyl (C=O) groups is 1. The van der Waals surface area contributed by atoms with Crippen LogP contribution in [0.3, 0.4) is 0 Å². The van der Waals surface area contributed by atoms with Crippen molar-refractivity contribution in [2.75, 3.05) is 0 Å². The minimum Gasteiger partial charge on any atom is -0.478 e. The molecule has 0 fully saturated rings. The Balaban J connectivity index is 0.000000637. The summed E-state index contributed by atoms with van der Waals surface area (Å²) in [7, 11) is 0. The summed E-state index contributed by atoms with van der Waals surface area (Å²) in [6.07, 6.45) is 1.79. The lowest BCUT2D eigenvalue weighted by Gasteiger charge is -1.99. The van der Waals surface area contributed by atoms with E-state index >= 15 is 0 Å². The second kappa shape index (κ2) is 5.69. The van der Waals surface area contributed by atoms with Gasteiger partial charge in [-0.1, -0.05) is 44.2 Å². The Kier molecular flexibility index (Phi) is 4.00. The number of nitrogens with zero attached hydrogens (tertiary/aromatic N) is 2. The molecule has 0 saturated heterocycles. The molecule has 4 heteroatoms. The zero-order valence-corrected chi connectivity index (χ0v) is 11.3. The zero-order valence-electron chi connectivity index (χ0n) is 11.3. The Morgan fingerprint density at radius 1 is 1.26 bits per heavy atom. The molecule has 3 rings (SSSR count). The molecule has 1 aromatic carbocycles. The SMILES string of the molecule is CC.O=C(O)c1c(-c2ccccc2)nn2c1CCC2. The summed E-state index contributed by atoms with van der Waals surface area (Å²) in [4.78, 5) is 11.4. The molecule has 0 atom stereocenters. The summed E-state index contributed by atoms with van der Waals surface area (Å²) in [6, 6.07) is 9.49. The largest absolute Gasteiger partial charge is 0.478 e. The average molecular weight is 258 g/mol. The van der Waals surface area contributed by atoms with Crippen LogP contribution in [0.25, 0.3) is 11.3 Å². The molecule has 0 saturated carbocycles. The van der Waals surface area contributed by atoms with E-state index in [0.29, 0.717) is 11.3 Å². The molecule has 0 unspecified atom stereocenters. The van der Waals surface area contributed by atoms with Crippen LogP contribution in [0.15, 0.2) is 30.3 Å². The molecule has 0 amide bonds. The van der Waals surface area contributed by atoms with Gasteiger partial charge in [-0.3, -0.25) is 4.68 Å². The van der Waals surface area contributed by atoms with E-state index in [1.54, 1.807) is 0 Å². The average Bonchev–Trinajstić information content (AvgIpc) is 3.01. The lowest BCUT2D eigenvalue weighted by molar-refractivity contribution is 0.0696. The fourth-order valence-electron chi connectivity index (χ4n) is 2.35. The number of rotatable bonds is 2. The lowest BCUT2D eigenvalue weighted by Crippen LogP contribution is -2.01. The lowest BCUT2D eigenvalue weighted by atomic mass is 10.0. The molecule has 2 aromatic rings. The van der Waals surface area contributed by atoms with Crippen LogP contribution in [0.5, 0.6) is 0 Å². The van der Waals surface area contributed by atoms with Crippen molar-refractivity contribution in [3.8, 4) is 11.3 Å². The van der Waals surface area contributed by atoms with Gasteiger partial charge in [0.15, 0.2) is 0 Å². The highest BCUT2D eigenvalue weighted by Crippen LogP contribution is 2.29. The van der Waals surface area contributed by atoms with Gasteiger partial charge in [0.25, 0.3) is 0 Å². The van der Waals surface area contributed by atoms with Gasteiger partial charge < -0.3 is 5.11 Å². The Bertz CT molecular complexity index is 573. The molecule has 2 heterocycles. The number of carboxylic acid groups (broad SMARTS) is 1. The minimum atomic E-state index is -0.882. The summed E-state index contributed by atoms with van der Waals surface area (Å²) >= 11 is 0. The monoisotopic (exact) mass is 258 g/mol. The summed E-state index contributed by atoms with van der Waals surface area (Å²) in [5.41, 5.74) is 2.68. The van der Waals surface area contributed by atoms with Crippen LogP contribution < -0.4 is 0 Å². The number of aromatic carboxylic acids is 1. The van der Waals surface area contributed by atoms with Gasteiger partial charge in [0.2, 0.25) is 0 Å². The Labute approximate surface area is 112 Å². The number of hydrogen-bond acceptors (Lipinski definition) is 2. The zero-order chi connectivity index (χ0) is 13.8. The molecule has 0 spiro atoms. The molecule has 1 aliphatic rings. The van der Waals surface area contributed by atoms with Crippen LogP contribution in [0.2, 0.25) is 0 Å². The Morgan fingerprint density at radius 3 is 2.58 bits per heavy atom. The minimum absolute atomic E-state index is 0.369. The van der Waals surface area contributed by atoms with Gasteiger partial charge in [-0.2, -0.15) is 5.10 Å². The van der Waals surface area contributed by atoms with Crippen molar-refractivity contribution >= 4 is 5.97 Å². The van der Waals surface area contributed by atoms with Crippen molar-refractivity contribution in [1.29, 1.82) is 0 Å². The maximum atomic E-state index is 11.4. The summed E-state index contributed by atoms with van der Waals surface area (Å²) in [5.74, 6) is -0.882. The number of hydrogen-bond donors (Lipinski definition) is 1. The van der Waals surface area contributed by atoms with Crippen LogP contribution in [0.4, 0.5) is 0 Å². The second-order valence-corrected chi connectivity index (χ2v) is 4.17. The van der Waals surface area contributed by atoms with Crippen LogP contribution in [0, 0.1) is 0 Å². The van der Waals surface area contributed by atoms with Gasteiger partial charge in [-0.05, 0) is 12.8 Å². The molecular formula is C15H18N2O2. The van der Waals surface area contributed by atoms with Crippen molar-refractivity contribution in [2.24, 2.45) is 0 Å². The first kappa shape index (κ1) is 13.3. The normalized spacial score (nSPS) is 12.5. The predicted molar refractivity (Wildman–Crippen MR) is 74.3 cm³/mol. The molecule has 0 bridgehead atoms. The Morgan fingerprint density at radius 2 is 1.95 bits per heavy atom. The smallest absolute Gasteiger partial charge is 0.339 e. The standard InChI is InChI=1S/C13H12N2O2.C2H6/c16-13(17)11-10-7-4-8-15(10)14-12(11)9-5-2-1-3-6-9;1-2/h1-3,5-6H,4,7-8H2,(H,16,17);1-2H3. The van der Waals surface area contributed by atoms with Crippen molar-refractivity contribution in [2.45, 2.75) is 33.2 Å². The van der Waals surface area contributed by atoms with Crippen LogP contribution in [-0.2, 0) is 13.0 Å². The number of fused-ring (bicyclic) bond motifs is 1. The number of carboxylic acids is 1. The van der Waals surface area contributed by atoms with E-state index < -0.39 is 5.97 Å². The summed E-state index contributed by atoms with van der Waals surface area (Å²) in [5, 5.41) is 13.7. The molecule has 0 radical (unpaired) electrons. The molecule has 100 valence electrons. The van der Waals surface area contributed by atoms with Crippen LogP contribution in [0.1, 0.15) is 36.3 Å². The fraction of sp³-hybridized carbons (Fsp3) is 0.333. The second-order valence-electron chi connectivity index (χ2n) is 4.17. The number of aromatic nitrogens is 2. The van der Waals surface area contributed by atoms with E-state index in [9.17, 15) is 9.90 Å². The van der Waals surface area contributed by atoms with Crippen molar-refractivity contribution < 1.29 is 9.90 Å². The van der Waals surface area contributed by atoms with Crippen molar-refractivity contribution in [3.63, 3.8) is 0 Å². The van der Waals surface area contributed by atoms with Gasteiger partial charge in [0, 0.05) is 12.1 Å². The highest BCUT2D eigenvalue weighted by Gasteiger charge is 2.26. The van der Waals surface area contributed by atoms with Gasteiger partial charge in [-0.15, -0.1) is 0 Å². The van der Waals surface area contributed by atoms with Crippen LogP contribution >= 0.6 is 0 Å². The van der Waals surface area contributed by atoms with E-state index in [1.807, 2.05) is 48.9 Å². The van der Waals surface area contributed by atoms with E-state index in [2.05, 4.69) is 5.10 Å². The van der Waals surface area contributed by atoms with E-state index in [-0.39, 0.29) is 0 Å². The number of benzene rings is 1. The maximum absolute atomic E-state index is 11.4. The highest BCUT2D eigenvalue weighted by molar-refractivity contribution is 5.96. The third-order valence-electron chi connectivity index (χ3n) is 3.10. The fourth-order valence-corrected chi connectivity index (χ4v) is 2.35. The highest BCUT2D eigenvalue weighted by atomic mass is 16.4. The first-order chi connectivity index (χ1) is 9.27. The van der Waals surface area contributed by atoms with Crippen molar-refractivity contribution in [3.05, 3.63) is 41.6 Å².